The van der Waals surface area contributed by atoms with Gasteiger partial charge in [0.15, 0.2) is 0 Å². The Morgan fingerprint density at radius 3 is 2.59 bits per heavy atom. The molecule has 3 heterocycles. The molecule has 2 fully saturated rings. The lowest BCUT2D eigenvalue weighted by molar-refractivity contribution is -0.127. The highest BCUT2D eigenvalue weighted by atomic mass is 16.6. The number of amides is 2. The molecule has 0 spiro atoms. The third-order valence-corrected chi connectivity index (χ3v) is 7.08. The molecule has 7 nitrogen and oxygen atoms in total. The Kier molecular flexibility index (Phi) is 4.31. The number of Topliss-reactive ketones (excluding diaryl/α,β-unsaturated/α-hetero) is 1. The minimum atomic E-state index is -0.494. The van der Waals surface area contributed by atoms with Crippen LogP contribution in [0.5, 0.6) is 0 Å². The summed E-state index contributed by atoms with van der Waals surface area (Å²) in [4.78, 5) is 45.0. The number of para-hydroxylation sites is 1. The van der Waals surface area contributed by atoms with E-state index in [0.717, 1.165) is 22.9 Å². The first-order valence-electron chi connectivity index (χ1n) is 11.1. The molecule has 2 aromatic carbocycles. The Morgan fingerprint density at radius 1 is 1.00 bits per heavy atom. The summed E-state index contributed by atoms with van der Waals surface area (Å²) in [5.41, 5.74) is 3.64. The van der Waals surface area contributed by atoms with Crippen LogP contribution in [-0.2, 0) is 16.0 Å². The summed E-state index contributed by atoms with van der Waals surface area (Å²) in [7, 11) is 0. The second-order valence-electron chi connectivity index (χ2n) is 8.78. The quantitative estimate of drug-likeness (QED) is 0.511. The van der Waals surface area contributed by atoms with E-state index in [0.29, 0.717) is 31.5 Å². The number of likely N-dealkylation sites (tertiary alicyclic amines) is 1. The van der Waals surface area contributed by atoms with Crippen molar-refractivity contribution >= 4 is 28.7 Å². The van der Waals surface area contributed by atoms with Crippen molar-refractivity contribution in [2.24, 2.45) is 0 Å². The SMILES string of the molecule is O=C(C(=O)N1CCC(N2C(=O)OC3Cc4ccccc4C32)CC1)c1c[nH]c2ccccc12. The van der Waals surface area contributed by atoms with Crippen LogP contribution in [-0.4, -0.2) is 57.8 Å². The van der Waals surface area contributed by atoms with Gasteiger partial charge in [-0.1, -0.05) is 42.5 Å². The average Bonchev–Trinajstić information content (AvgIpc) is 3.49. The van der Waals surface area contributed by atoms with Crippen molar-refractivity contribution in [3.8, 4) is 0 Å². The molecule has 32 heavy (non-hydrogen) atoms. The number of ether oxygens (including phenoxy) is 1. The van der Waals surface area contributed by atoms with E-state index in [1.807, 2.05) is 41.3 Å². The molecule has 3 aromatic rings. The second kappa shape index (κ2) is 7.22. The maximum atomic E-state index is 12.9. The molecule has 0 radical (unpaired) electrons. The lowest BCUT2D eigenvalue weighted by atomic mass is 9.98. The number of ketones is 1. The standard InChI is InChI=1S/C25H23N3O4/c29-23(19-14-26-20-8-4-3-7-18(19)20)24(30)27-11-9-16(10-12-27)28-22-17-6-2-1-5-15(17)13-21(22)32-25(28)31/h1-8,14,16,21-22,26H,9-13H2. The lowest BCUT2D eigenvalue weighted by Crippen LogP contribution is -2.49. The van der Waals surface area contributed by atoms with Crippen molar-refractivity contribution in [2.45, 2.75) is 37.5 Å². The average molecular weight is 429 g/mol. The van der Waals surface area contributed by atoms with Gasteiger partial charge in [0, 0.05) is 42.7 Å². The third kappa shape index (κ3) is 2.84. The highest BCUT2D eigenvalue weighted by molar-refractivity contribution is 6.44. The molecular formula is C25H23N3O4. The summed E-state index contributed by atoms with van der Waals surface area (Å²) in [6.07, 6.45) is 3.22. The van der Waals surface area contributed by atoms with Gasteiger partial charge in [0.1, 0.15) is 6.10 Å². The van der Waals surface area contributed by atoms with E-state index in [1.54, 1.807) is 11.1 Å². The number of rotatable bonds is 3. The smallest absolute Gasteiger partial charge is 0.411 e. The first-order chi connectivity index (χ1) is 15.6. The van der Waals surface area contributed by atoms with E-state index >= 15 is 0 Å². The molecule has 0 bridgehead atoms. The Labute approximate surface area is 184 Å². The van der Waals surface area contributed by atoms with E-state index in [2.05, 4.69) is 17.1 Å². The van der Waals surface area contributed by atoms with Gasteiger partial charge in [0.25, 0.3) is 11.7 Å². The van der Waals surface area contributed by atoms with E-state index < -0.39 is 11.7 Å². The number of carbonyl (C=O) groups is 3. The number of nitrogens with one attached hydrogen (secondary N) is 1. The maximum Gasteiger partial charge on any atom is 0.411 e. The molecule has 2 saturated heterocycles. The predicted molar refractivity (Wildman–Crippen MR) is 117 cm³/mol. The van der Waals surface area contributed by atoms with Gasteiger partial charge >= 0.3 is 6.09 Å². The molecule has 162 valence electrons. The number of aromatic nitrogens is 1. The van der Waals surface area contributed by atoms with Crippen LogP contribution in [0.25, 0.3) is 10.9 Å². The zero-order valence-electron chi connectivity index (χ0n) is 17.5. The van der Waals surface area contributed by atoms with Crippen LogP contribution in [0, 0.1) is 0 Å². The number of nitrogens with zero attached hydrogens (tertiary/aromatic N) is 2. The molecule has 2 amide bonds. The van der Waals surface area contributed by atoms with Gasteiger partial charge in [-0.05, 0) is 30.0 Å². The largest absolute Gasteiger partial charge is 0.443 e. The van der Waals surface area contributed by atoms with Gasteiger partial charge in [0.2, 0.25) is 0 Å². The molecule has 1 N–H and O–H groups in total. The molecule has 2 atom stereocenters. The number of carbonyl (C=O) groups excluding carboxylic acids is 3. The molecule has 2 aliphatic heterocycles. The van der Waals surface area contributed by atoms with Crippen molar-refractivity contribution in [2.75, 3.05) is 13.1 Å². The summed E-state index contributed by atoms with van der Waals surface area (Å²) in [6.45, 7) is 0.890. The van der Waals surface area contributed by atoms with Crippen molar-refractivity contribution in [3.05, 3.63) is 71.4 Å². The first kappa shape index (κ1) is 19.1. The summed E-state index contributed by atoms with van der Waals surface area (Å²) < 4.78 is 5.68. The number of hydrogen-bond acceptors (Lipinski definition) is 4. The first-order valence-corrected chi connectivity index (χ1v) is 11.1. The second-order valence-corrected chi connectivity index (χ2v) is 8.78. The summed E-state index contributed by atoms with van der Waals surface area (Å²) in [6, 6.07) is 15.6. The monoisotopic (exact) mass is 429 g/mol. The number of fused-ring (bicyclic) bond motifs is 4. The number of hydrogen-bond donors (Lipinski definition) is 1. The van der Waals surface area contributed by atoms with Crippen LogP contribution >= 0.6 is 0 Å². The Balaban J connectivity index is 1.16. The fraction of sp³-hybridized carbons (Fsp3) is 0.320. The lowest BCUT2D eigenvalue weighted by Gasteiger charge is -2.37. The molecule has 1 aromatic heterocycles. The predicted octanol–water partition coefficient (Wildman–Crippen LogP) is 3.46. The van der Waals surface area contributed by atoms with Crippen molar-refractivity contribution in [3.63, 3.8) is 0 Å². The van der Waals surface area contributed by atoms with Gasteiger partial charge in [0.05, 0.1) is 11.6 Å². The molecule has 0 saturated carbocycles. The molecular weight excluding hydrogens is 406 g/mol. The van der Waals surface area contributed by atoms with Gasteiger partial charge in [-0.3, -0.25) is 14.5 Å². The Bertz CT molecular complexity index is 1240. The van der Waals surface area contributed by atoms with E-state index in [-0.39, 0.29) is 24.3 Å². The fourth-order valence-electron chi connectivity index (χ4n) is 5.52. The van der Waals surface area contributed by atoms with Crippen LogP contribution in [0.1, 0.15) is 40.4 Å². The van der Waals surface area contributed by atoms with E-state index in [1.165, 1.54) is 5.56 Å². The molecule has 3 aliphatic rings. The van der Waals surface area contributed by atoms with Crippen LogP contribution in [0.2, 0.25) is 0 Å². The number of piperidine rings is 1. The zero-order valence-corrected chi connectivity index (χ0v) is 17.5. The Morgan fingerprint density at radius 2 is 1.75 bits per heavy atom. The zero-order chi connectivity index (χ0) is 21.8. The molecule has 2 unspecified atom stereocenters. The summed E-state index contributed by atoms with van der Waals surface area (Å²) >= 11 is 0. The van der Waals surface area contributed by atoms with Crippen LogP contribution in [0.3, 0.4) is 0 Å². The van der Waals surface area contributed by atoms with Crippen LogP contribution in [0.15, 0.2) is 54.7 Å². The van der Waals surface area contributed by atoms with Crippen molar-refractivity contribution in [1.29, 1.82) is 0 Å². The van der Waals surface area contributed by atoms with Crippen molar-refractivity contribution < 1.29 is 19.1 Å². The fourth-order valence-corrected chi connectivity index (χ4v) is 5.52. The highest BCUT2D eigenvalue weighted by Crippen LogP contribution is 2.44. The van der Waals surface area contributed by atoms with E-state index in [9.17, 15) is 14.4 Å². The van der Waals surface area contributed by atoms with Gasteiger partial charge in [-0.25, -0.2) is 4.79 Å². The summed E-state index contributed by atoms with van der Waals surface area (Å²) in [5.74, 6) is -0.979. The van der Waals surface area contributed by atoms with Crippen LogP contribution in [0.4, 0.5) is 4.79 Å². The number of benzene rings is 2. The van der Waals surface area contributed by atoms with E-state index in [4.69, 9.17) is 4.74 Å². The molecule has 6 rings (SSSR count). The summed E-state index contributed by atoms with van der Waals surface area (Å²) in [5, 5.41) is 0.756. The highest BCUT2D eigenvalue weighted by Gasteiger charge is 2.50. The van der Waals surface area contributed by atoms with Gasteiger partial charge in [-0.15, -0.1) is 0 Å². The Hall–Kier alpha value is -3.61. The molecule has 7 heteroatoms. The van der Waals surface area contributed by atoms with Crippen molar-refractivity contribution in [1.82, 2.24) is 14.8 Å². The minimum Gasteiger partial charge on any atom is -0.443 e. The minimum absolute atomic E-state index is 0.00380. The number of H-pyrrole nitrogens is 1. The number of aromatic amines is 1. The molecule has 1 aliphatic carbocycles. The maximum absolute atomic E-state index is 12.9. The van der Waals surface area contributed by atoms with Crippen LogP contribution < -0.4 is 0 Å². The van der Waals surface area contributed by atoms with Gasteiger partial charge < -0.3 is 14.6 Å². The van der Waals surface area contributed by atoms with Gasteiger partial charge in [-0.2, -0.15) is 0 Å². The third-order valence-electron chi connectivity index (χ3n) is 7.08. The normalized spacial score (nSPS) is 22.7. The topological polar surface area (TPSA) is 82.7 Å².